The van der Waals surface area contributed by atoms with E-state index in [1.54, 1.807) is 19.1 Å². The summed E-state index contributed by atoms with van der Waals surface area (Å²) in [5, 5.41) is 0. The van der Waals surface area contributed by atoms with Gasteiger partial charge in [-0.15, -0.1) is 0 Å². The Kier molecular flexibility index (Phi) is 5.38. The van der Waals surface area contributed by atoms with Crippen molar-refractivity contribution in [2.75, 3.05) is 5.73 Å². The molecule has 0 spiro atoms. The number of nitrogen functional groups attached to an aromatic ring is 1. The molecule has 0 aliphatic carbocycles. The second kappa shape index (κ2) is 6.39. The smallest absolute Gasteiger partial charge is 0.241 e. The number of unbranched alkanes of at least 4 members (excludes halogenated alkanes) is 1. The van der Waals surface area contributed by atoms with Crippen molar-refractivity contribution < 1.29 is 8.42 Å². The lowest BCUT2D eigenvalue weighted by Crippen LogP contribution is -2.33. The van der Waals surface area contributed by atoms with Crippen LogP contribution in [0.1, 0.15) is 44.2 Å². The van der Waals surface area contributed by atoms with Crippen LogP contribution >= 0.6 is 0 Å². The average Bonchev–Trinajstić information content (AvgIpc) is 2.30. The molecule has 1 aromatic carbocycles. The maximum absolute atomic E-state index is 12.4. The van der Waals surface area contributed by atoms with Gasteiger partial charge in [-0.2, -0.15) is 0 Å². The summed E-state index contributed by atoms with van der Waals surface area (Å²) in [4.78, 5) is 0.286. The summed E-state index contributed by atoms with van der Waals surface area (Å²) < 4.78 is 27.4. The first-order valence-electron chi connectivity index (χ1n) is 6.67. The number of nitrogens with two attached hydrogens (primary N) is 1. The van der Waals surface area contributed by atoms with E-state index in [9.17, 15) is 8.42 Å². The zero-order valence-electron chi connectivity index (χ0n) is 12.2. The van der Waals surface area contributed by atoms with E-state index < -0.39 is 10.0 Å². The first-order chi connectivity index (χ1) is 8.77. The molecule has 4 nitrogen and oxygen atoms in total. The average molecular weight is 284 g/mol. The molecule has 0 amide bonds. The largest absolute Gasteiger partial charge is 0.398 e. The monoisotopic (exact) mass is 284 g/mol. The maximum atomic E-state index is 12.4. The van der Waals surface area contributed by atoms with Gasteiger partial charge in [0.1, 0.15) is 0 Å². The van der Waals surface area contributed by atoms with Gasteiger partial charge in [-0.05, 0) is 50.5 Å². The van der Waals surface area contributed by atoms with E-state index in [1.165, 1.54) is 0 Å². The lowest BCUT2D eigenvalue weighted by atomic mass is 10.1. The van der Waals surface area contributed by atoms with E-state index in [0.29, 0.717) is 11.3 Å². The van der Waals surface area contributed by atoms with Crippen molar-refractivity contribution in [2.45, 2.75) is 57.9 Å². The Morgan fingerprint density at radius 2 is 1.95 bits per heavy atom. The molecule has 0 aliphatic rings. The predicted octanol–water partition coefficient (Wildman–Crippen LogP) is 2.74. The van der Waals surface area contributed by atoms with Crippen LogP contribution < -0.4 is 10.5 Å². The topological polar surface area (TPSA) is 72.2 Å². The molecule has 1 unspecified atom stereocenters. The van der Waals surface area contributed by atoms with E-state index in [4.69, 9.17) is 5.73 Å². The highest BCUT2D eigenvalue weighted by atomic mass is 32.2. The molecule has 0 aromatic heterocycles. The fraction of sp³-hybridized carbons (Fsp3) is 0.571. The minimum atomic E-state index is -3.50. The van der Waals surface area contributed by atoms with Gasteiger partial charge in [-0.3, -0.25) is 0 Å². The number of benzene rings is 1. The standard InChI is InChI=1S/C14H24N2O2S/c1-5-6-7-11(3)16-19(17,18)14-9-10(2)8-13(15)12(14)4/h8-9,11,16H,5-7,15H2,1-4H3. The Morgan fingerprint density at radius 3 is 2.53 bits per heavy atom. The molecule has 0 fully saturated rings. The molecule has 0 bridgehead atoms. The maximum Gasteiger partial charge on any atom is 0.241 e. The van der Waals surface area contributed by atoms with Gasteiger partial charge in [-0.1, -0.05) is 19.8 Å². The van der Waals surface area contributed by atoms with Crippen molar-refractivity contribution in [1.29, 1.82) is 0 Å². The summed E-state index contributed by atoms with van der Waals surface area (Å²) >= 11 is 0. The Balaban J connectivity index is 3.01. The second-order valence-corrected chi connectivity index (χ2v) is 6.82. The van der Waals surface area contributed by atoms with Crippen LogP contribution in [0.3, 0.4) is 0 Å². The minimum Gasteiger partial charge on any atom is -0.398 e. The van der Waals surface area contributed by atoms with Crippen molar-refractivity contribution in [3.63, 3.8) is 0 Å². The SMILES string of the molecule is CCCCC(C)NS(=O)(=O)c1cc(C)cc(N)c1C. The van der Waals surface area contributed by atoms with Crippen LogP contribution in [0.15, 0.2) is 17.0 Å². The molecule has 0 saturated heterocycles. The molecule has 19 heavy (non-hydrogen) atoms. The lowest BCUT2D eigenvalue weighted by Gasteiger charge is -2.16. The molecule has 108 valence electrons. The fourth-order valence-corrected chi connectivity index (χ4v) is 3.67. The summed E-state index contributed by atoms with van der Waals surface area (Å²) in [5.74, 6) is 0. The van der Waals surface area contributed by atoms with E-state index >= 15 is 0 Å². The molecule has 0 radical (unpaired) electrons. The Morgan fingerprint density at radius 1 is 1.32 bits per heavy atom. The molecule has 1 aromatic rings. The number of rotatable bonds is 6. The summed E-state index contributed by atoms with van der Waals surface area (Å²) in [7, 11) is -3.50. The molecule has 0 saturated carbocycles. The zero-order chi connectivity index (χ0) is 14.6. The number of anilines is 1. The van der Waals surface area contributed by atoms with Crippen LogP contribution in [0.2, 0.25) is 0 Å². The normalized spacial score (nSPS) is 13.5. The third kappa shape index (κ3) is 4.21. The van der Waals surface area contributed by atoms with Gasteiger partial charge in [0, 0.05) is 11.7 Å². The van der Waals surface area contributed by atoms with Gasteiger partial charge in [0.25, 0.3) is 0 Å². The Labute approximate surface area is 116 Å². The first-order valence-corrected chi connectivity index (χ1v) is 8.15. The Bertz CT molecular complexity index is 539. The summed E-state index contributed by atoms with van der Waals surface area (Å²) in [6.07, 6.45) is 2.91. The third-order valence-corrected chi connectivity index (χ3v) is 4.90. The van der Waals surface area contributed by atoms with E-state index in [2.05, 4.69) is 11.6 Å². The van der Waals surface area contributed by atoms with Crippen LogP contribution in [-0.2, 0) is 10.0 Å². The van der Waals surface area contributed by atoms with Gasteiger partial charge in [-0.25, -0.2) is 13.1 Å². The Hall–Kier alpha value is -1.07. The van der Waals surface area contributed by atoms with Gasteiger partial charge in [0.05, 0.1) is 4.90 Å². The van der Waals surface area contributed by atoms with Crippen molar-refractivity contribution >= 4 is 15.7 Å². The molecule has 1 atom stereocenters. The van der Waals surface area contributed by atoms with Crippen LogP contribution in [0.4, 0.5) is 5.69 Å². The van der Waals surface area contributed by atoms with E-state index in [-0.39, 0.29) is 10.9 Å². The van der Waals surface area contributed by atoms with Crippen molar-refractivity contribution in [3.8, 4) is 0 Å². The summed E-state index contributed by atoms with van der Waals surface area (Å²) in [6.45, 7) is 7.56. The highest BCUT2D eigenvalue weighted by Gasteiger charge is 2.20. The predicted molar refractivity (Wildman–Crippen MR) is 79.6 cm³/mol. The first kappa shape index (κ1) is 16.0. The molecular weight excluding hydrogens is 260 g/mol. The second-order valence-electron chi connectivity index (χ2n) is 5.14. The summed E-state index contributed by atoms with van der Waals surface area (Å²) in [6, 6.07) is 3.39. The third-order valence-electron chi connectivity index (χ3n) is 3.18. The van der Waals surface area contributed by atoms with Crippen molar-refractivity contribution in [1.82, 2.24) is 4.72 Å². The molecular formula is C14H24N2O2S. The number of aryl methyl sites for hydroxylation is 1. The van der Waals surface area contributed by atoms with Gasteiger partial charge >= 0.3 is 0 Å². The van der Waals surface area contributed by atoms with Crippen molar-refractivity contribution in [2.24, 2.45) is 0 Å². The fourth-order valence-electron chi connectivity index (χ4n) is 2.03. The lowest BCUT2D eigenvalue weighted by molar-refractivity contribution is 0.534. The number of hydrogen-bond donors (Lipinski definition) is 2. The number of nitrogens with one attached hydrogen (secondary N) is 1. The van der Waals surface area contributed by atoms with Crippen molar-refractivity contribution in [3.05, 3.63) is 23.3 Å². The van der Waals surface area contributed by atoms with Crippen LogP contribution in [0.25, 0.3) is 0 Å². The van der Waals surface area contributed by atoms with Crippen LogP contribution in [0.5, 0.6) is 0 Å². The highest BCUT2D eigenvalue weighted by molar-refractivity contribution is 7.89. The molecule has 5 heteroatoms. The van der Waals surface area contributed by atoms with Gasteiger partial charge in [0.2, 0.25) is 10.0 Å². The van der Waals surface area contributed by atoms with Crippen LogP contribution in [-0.4, -0.2) is 14.5 Å². The number of sulfonamides is 1. The molecule has 1 rings (SSSR count). The molecule has 0 aliphatic heterocycles. The van der Waals surface area contributed by atoms with E-state index in [1.807, 2.05) is 13.8 Å². The van der Waals surface area contributed by atoms with Gasteiger partial charge < -0.3 is 5.73 Å². The quantitative estimate of drug-likeness (QED) is 0.789. The van der Waals surface area contributed by atoms with Crippen LogP contribution in [0, 0.1) is 13.8 Å². The minimum absolute atomic E-state index is 0.0638. The highest BCUT2D eigenvalue weighted by Crippen LogP contribution is 2.23. The molecule has 3 N–H and O–H groups in total. The zero-order valence-corrected chi connectivity index (χ0v) is 13.0. The molecule has 0 heterocycles. The number of hydrogen-bond acceptors (Lipinski definition) is 3. The van der Waals surface area contributed by atoms with Gasteiger partial charge in [0.15, 0.2) is 0 Å². The van der Waals surface area contributed by atoms with E-state index in [0.717, 1.165) is 24.8 Å². The summed E-state index contributed by atoms with van der Waals surface area (Å²) in [5.41, 5.74) is 7.82.